The Kier molecular flexibility index (Phi) is 2.19. The average Bonchev–Trinajstić information content (AvgIpc) is 3.11. The van der Waals surface area contributed by atoms with Crippen LogP contribution >= 0.6 is 0 Å². The average molecular weight is 246 g/mol. The third kappa shape index (κ3) is 1.66. The Bertz CT molecular complexity index is 716. The van der Waals surface area contributed by atoms with Crippen LogP contribution in [0.2, 0.25) is 0 Å². The predicted molar refractivity (Wildman–Crippen MR) is 63.6 cm³/mol. The Morgan fingerprint density at radius 3 is 2.78 bits per heavy atom. The van der Waals surface area contributed by atoms with Crippen LogP contribution in [0.5, 0.6) is 0 Å². The van der Waals surface area contributed by atoms with Crippen molar-refractivity contribution in [1.82, 2.24) is 4.98 Å². The van der Waals surface area contributed by atoms with Crippen molar-refractivity contribution in [3.63, 3.8) is 0 Å². The maximum Gasteiger partial charge on any atom is 0.346 e. The number of fused-ring (bicyclic) bond motifs is 1. The molecular weight excluding hydrogens is 236 g/mol. The fourth-order valence-electron chi connectivity index (χ4n) is 2.11. The maximum absolute atomic E-state index is 11.7. The molecule has 0 aliphatic heterocycles. The fourth-order valence-corrected chi connectivity index (χ4v) is 2.11. The molecule has 0 bridgehead atoms. The number of nitrogens with zero attached hydrogens (tertiary/aromatic N) is 2. The summed E-state index contributed by atoms with van der Waals surface area (Å²) in [5.74, 6) is 0.400. The Morgan fingerprint density at radius 2 is 2.17 bits per heavy atom. The summed E-state index contributed by atoms with van der Waals surface area (Å²) in [5.41, 5.74) is 0.488. The molecular formula is C12H10N2O4. The first-order chi connectivity index (χ1) is 8.56. The van der Waals surface area contributed by atoms with Crippen molar-refractivity contribution in [3.05, 3.63) is 44.1 Å². The van der Waals surface area contributed by atoms with Crippen LogP contribution in [-0.2, 0) is 0 Å². The lowest BCUT2D eigenvalue weighted by Gasteiger charge is -2.03. The standard InChI is InChI=1S/C12H10N2O4/c1-6-13-10-5-11(14(16)17)8(7-2-3-7)4-9(10)12(15)18-6/h4-5,7H,2-3H2,1H3. The third-order valence-electron chi connectivity index (χ3n) is 3.10. The zero-order valence-electron chi connectivity index (χ0n) is 9.67. The molecule has 1 aliphatic carbocycles. The number of aromatic nitrogens is 1. The van der Waals surface area contributed by atoms with E-state index in [4.69, 9.17) is 4.42 Å². The molecule has 6 nitrogen and oxygen atoms in total. The molecule has 1 saturated carbocycles. The van der Waals surface area contributed by atoms with E-state index >= 15 is 0 Å². The summed E-state index contributed by atoms with van der Waals surface area (Å²) >= 11 is 0. The van der Waals surface area contributed by atoms with Gasteiger partial charge in [-0.3, -0.25) is 10.1 Å². The van der Waals surface area contributed by atoms with Crippen LogP contribution in [0.25, 0.3) is 10.9 Å². The SMILES string of the molecule is Cc1nc2cc([N+](=O)[O-])c(C3CC3)cc2c(=O)o1. The Morgan fingerprint density at radius 1 is 1.44 bits per heavy atom. The van der Waals surface area contributed by atoms with Gasteiger partial charge in [-0.05, 0) is 24.8 Å². The van der Waals surface area contributed by atoms with Gasteiger partial charge in [0.1, 0.15) is 0 Å². The minimum Gasteiger partial charge on any atom is -0.408 e. The highest BCUT2D eigenvalue weighted by atomic mass is 16.6. The van der Waals surface area contributed by atoms with Crippen LogP contribution in [0.1, 0.15) is 30.2 Å². The summed E-state index contributed by atoms with van der Waals surface area (Å²) in [5, 5.41) is 11.4. The monoisotopic (exact) mass is 246 g/mol. The normalized spacial score (nSPS) is 14.9. The highest BCUT2D eigenvalue weighted by molar-refractivity contribution is 5.81. The van der Waals surface area contributed by atoms with Gasteiger partial charge >= 0.3 is 5.63 Å². The van der Waals surface area contributed by atoms with Crippen LogP contribution in [0.3, 0.4) is 0 Å². The lowest BCUT2D eigenvalue weighted by atomic mass is 10.1. The third-order valence-corrected chi connectivity index (χ3v) is 3.10. The van der Waals surface area contributed by atoms with Crippen molar-refractivity contribution < 1.29 is 9.34 Å². The minimum absolute atomic E-state index is 0.0440. The number of rotatable bonds is 2. The first-order valence-corrected chi connectivity index (χ1v) is 5.66. The molecule has 0 unspecified atom stereocenters. The van der Waals surface area contributed by atoms with Crippen molar-refractivity contribution in [2.24, 2.45) is 0 Å². The molecule has 0 spiro atoms. The van der Waals surface area contributed by atoms with Gasteiger partial charge in [-0.1, -0.05) is 0 Å². The molecule has 0 N–H and O–H groups in total. The van der Waals surface area contributed by atoms with Crippen molar-refractivity contribution >= 4 is 16.6 Å². The number of nitro groups is 1. The summed E-state index contributed by atoms with van der Waals surface area (Å²) in [4.78, 5) is 26.4. The van der Waals surface area contributed by atoms with Crippen molar-refractivity contribution in [2.75, 3.05) is 0 Å². The first kappa shape index (κ1) is 10.9. The number of benzene rings is 1. The molecule has 1 aromatic heterocycles. The van der Waals surface area contributed by atoms with Gasteiger partial charge in [-0.25, -0.2) is 9.78 Å². The van der Waals surface area contributed by atoms with E-state index in [1.54, 1.807) is 13.0 Å². The van der Waals surface area contributed by atoms with Crippen molar-refractivity contribution in [1.29, 1.82) is 0 Å². The zero-order chi connectivity index (χ0) is 12.9. The summed E-state index contributed by atoms with van der Waals surface area (Å²) in [6.45, 7) is 1.54. The molecule has 1 aliphatic rings. The zero-order valence-corrected chi connectivity index (χ0v) is 9.67. The molecule has 1 heterocycles. The number of hydrogen-bond acceptors (Lipinski definition) is 5. The molecule has 0 atom stereocenters. The van der Waals surface area contributed by atoms with Gasteiger partial charge in [0.25, 0.3) is 5.69 Å². The van der Waals surface area contributed by atoms with Gasteiger partial charge in [-0.15, -0.1) is 0 Å². The molecule has 18 heavy (non-hydrogen) atoms. The summed E-state index contributed by atoms with van der Waals surface area (Å²) < 4.78 is 4.91. The number of aryl methyl sites for hydroxylation is 1. The predicted octanol–water partition coefficient (Wildman–Crippen LogP) is 2.28. The van der Waals surface area contributed by atoms with Gasteiger partial charge < -0.3 is 4.42 Å². The van der Waals surface area contributed by atoms with Crippen LogP contribution in [0, 0.1) is 17.0 Å². The molecule has 0 radical (unpaired) electrons. The second-order valence-corrected chi connectivity index (χ2v) is 4.48. The van der Waals surface area contributed by atoms with E-state index in [0.29, 0.717) is 16.5 Å². The van der Waals surface area contributed by atoms with Crippen LogP contribution < -0.4 is 5.63 Å². The smallest absolute Gasteiger partial charge is 0.346 e. The second-order valence-electron chi connectivity index (χ2n) is 4.48. The van der Waals surface area contributed by atoms with Gasteiger partial charge in [0.15, 0.2) is 5.89 Å². The molecule has 0 amide bonds. The summed E-state index contributed by atoms with van der Waals surface area (Å²) in [7, 11) is 0. The molecule has 1 aromatic carbocycles. The minimum atomic E-state index is -0.491. The summed E-state index contributed by atoms with van der Waals surface area (Å²) in [6.07, 6.45) is 1.86. The van der Waals surface area contributed by atoms with Crippen molar-refractivity contribution in [3.8, 4) is 0 Å². The molecule has 6 heteroatoms. The number of nitro benzene ring substituents is 1. The Labute approximate surface area is 101 Å². The van der Waals surface area contributed by atoms with E-state index < -0.39 is 10.5 Å². The molecule has 1 fully saturated rings. The van der Waals surface area contributed by atoms with Gasteiger partial charge in [0.05, 0.1) is 15.8 Å². The van der Waals surface area contributed by atoms with E-state index in [1.165, 1.54) is 6.07 Å². The van der Waals surface area contributed by atoms with E-state index in [0.717, 1.165) is 12.8 Å². The van der Waals surface area contributed by atoms with Gasteiger partial charge in [-0.2, -0.15) is 0 Å². The van der Waals surface area contributed by atoms with Crippen molar-refractivity contribution in [2.45, 2.75) is 25.7 Å². The quantitative estimate of drug-likeness (QED) is 0.599. The van der Waals surface area contributed by atoms with Crippen LogP contribution in [0.4, 0.5) is 5.69 Å². The van der Waals surface area contributed by atoms with Gasteiger partial charge in [0.2, 0.25) is 0 Å². The lowest BCUT2D eigenvalue weighted by molar-refractivity contribution is -0.385. The first-order valence-electron chi connectivity index (χ1n) is 5.66. The maximum atomic E-state index is 11.7. The topological polar surface area (TPSA) is 86.2 Å². The molecule has 2 aromatic rings. The highest BCUT2D eigenvalue weighted by Crippen LogP contribution is 2.44. The number of hydrogen-bond donors (Lipinski definition) is 0. The van der Waals surface area contributed by atoms with E-state index in [2.05, 4.69) is 4.98 Å². The molecule has 3 rings (SSSR count). The van der Waals surface area contributed by atoms with E-state index in [-0.39, 0.29) is 17.5 Å². The highest BCUT2D eigenvalue weighted by Gasteiger charge is 2.31. The van der Waals surface area contributed by atoms with Gasteiger partial charge in [0, 0.05) is 18.6 Å². The van der Waals surface area contributed by atoms with Crippen LogP contribution in [0.15, 0.2) is 21.3 Å². The fraction of sp³-hybridized carbons (Fsp3) is 0.333. The lowest BCUT2D eigenvalue weighted by Crippen LogP contribution is -2.05. The van der Waals surface area contributed by atoms with E-state index in [9.17, 15) is 14.9 Å². The Hall–Kier alpha value is -2.24. The molecule has 92 valence electrons. The molecule has 0 saturated heterocycles. The largest absolute Gasteiger partial charge is 0.408 e. The summed E-state index contributed by atoms with van der Waals surface area (Å²) in [6, 6.07) is 2.93. The Balaban J connectivity index is 2.36. The second kappa shape index (κ2) is 3.63. The van der Waals surface area contributed by atoms with Crippen LogP contribution in [-0.4, -0.2) is 9.91 Å². The van der Waals surface area contributed by atoms with E-state index in [1.807, 2.05) is 0 Å².